The first-order valence-electron chi connectivity index (χ1n) is 5.70. The maximum absolute atomic E-state index is 12.5. The smallest absolute Gasteiger partial charge is 0.244 e. The van der Waals surface area contributed by atoms with Crippen molar-refractivity contribution >= 4 is 15.9 Å². The number of carbonyl (C=O) groups is 1. The summed E-state index contributed by atoms with van der Waals surface area (Å²) in [7, 11) is -2.57. The van der Waals surface area contributed by atoms with Gasteiger partial charge < -0.3 is 10.5 Å². The number of hydrogen-bond donors (Lipinski definition) is 1. The molecule has 0 aliphatic heterocycles. The highest BCUT2D eigenvalue weighted by molar-refractivity contribution is 7.89. The van der Waals surface area contributed by atoms with Gasteiger partial charge in [-0.05, 0) is 12.1 Å². The quantitative estimate of drug-likeness (QED) is 0.741. The number of ether oxygens (including phenoxy) is 1. The van der Waals surface area contributed by atoms with Crippen LogP contribution in [0.4, 0.5) is 0 Å². The molecule has 0 heterocycles. The average molecular weight is 297 g/mol. The molecule has 0 radical (unpaired) electrons. The van der Waals surface area contributed by atoms with E-state index in [0.29, 0.717) is 0 Å². The molecule has 0 saturated carbocycles. The van der Waals surface area contributed by atoms with E-state index >= 15 is 0 Å². The summed E-state index contributed by atoms with van der Waals surface area (Å²) >= 11 is 0. The highest BCUT2D eigenvalue weighted by atomic mass is 32.2. The Kier molecular flexibility index (Phi) is 5.64. The number of nitriles is 1. The van der Waals surface area contributed by atoms with Crippen molar-refractivity contribution in [3.8, 4) is 6.07 Å². The lowest BCUT2D eigenvalue weighted by Crippen LogP contribution is -2.40. The van der Waals surface area contributed by atoms with Crippen molar-refractivity contribution in [1.29, 1.82) is 5.26 Å². The first kappa shape index (κ1) is 16.1. The Balaban J connectivity index is 3.22. The lowest BCUT2D eigenvalue weighted by molar-refractivity contribution is -0.118. The van der Waals surface area contributed by atoms with Gasteiger partial charge in [0.2, 0.25) is 15.9 Å². The van der Waals surface area contributed by atoms with Gasteiger partial charge in [0.05, 0.1) is 23.6 Å². The predicted molar refractivity (Wildman–Crippen MR) is 71.0 cm³/mol. The molecule has 0 fully saturated rings. The van der Waals surface area contributed by atoms with Crippen LogP contribution in [-0.4, -0.2) is 45.4 Å². The number of benzene rings is 1. The van der Waals surface area contributed by atoms with Gasteiger partial charge in [0, 0.05) is 13.7 Å². The second kappa shape index (κ2) is 7.00. The topological polar surface area (TPSA) is 113 Å². The fraction of sp³-hybridized carbons (Fsp3) is 0.333. The number of carbonyl (C=O) groups excluding carboxylic acids is 1. The Hall–Kier alpha value is -1.95. The molecule has 0 aliphatic carbocycles. The van der Waals surface area contributed by atoms with Gasteiger partial charge in [-0.2, -0.15) is 9.57 Å². The number of sulfonamides is 1. The van der Waals surface area contributed by atoms with Gasteiger partial charge >= 0.3 is 0 Å². The highest BCUT2D eigenvalue weighted by Crippen LogP contribution is 2.19. The molecule has 1 aromatic rings. The zero-order chi connectivity index (χ0) is 15.2. The number of nitrogens with two attached hydrogens (primary N) is 1. The number of amides is 1. The van der Waals surface area contributed by atoms with E-state index in [2.05, 4.69) is 0 Å². The van der Waals surface area contributed by atoms with E-state index < -0.39 is 22.5 Å². The zero-order valence-corrected chi connectivity index (χ0v) is 11.8. The summed E-state index contributed by atoms with van der Waals surface area (Å²) in [6.45, 7) is -0.381. The van der Waals surface area contributed by atoms with Crippen LogP contribution in [0.25, 0.3) is 0 Å². The Bertz CT molecular complexity index is 622. The van der Waals surface area contributed by atoms with Gasteiger partial charge in [-0.1, -0.05) is 12.1 Å². The first-order chi connectivity index (χ1) is 9.43. The highest BCUT2D eigenvalue weighted by Gasteiger charge is 2.27. The van der Waals surface area contributed by atoms with Crippen LogP contribution in [0.5, 0.6) is 0 Å². The summed E-state index contributed by atoms with van der Waals surface area (Å²) < 4.78 is 30.6. The van der Waals surface area contributed by atoms with Gasteiger partial charge in [0.25, 0.3) is 0 Å². The van der Waals surface area contributed by atoms with Crippen LogP contribution in [0.15, 0.2) is 29.2 Å². The van der Waals surface area contributed by atoms with Crippen molar-refractivity contribution in [1.82, 2.24) is 4.31 Å². The van der Waals surface area contributed by atoms with E-state index in [1.807, 2.05) is 6.07 Å². The molecule has 0 saturated heterocycles. The van der Waals surface area contributed by atoms with E-state index in [1.54, 1.807) is 6.07 Å². The maximum atomic E-state index is 12.5. The van der Waals surface area contributed by atoms with Crippen molar-refractivity contribution in [2.75, 3.05) is 26.8 Å². The van der Waals surface area contributed by atoms with Gasteiger partial charge in [0.15, 0.2) is 0 Å². The number of nitrogens with zero attached hydrogens (tertiary/aromatic N) is 2. The van der Waals surface area contributed by atoms with Crippen LogP contribution in [0.1, 0.15) is 5.56 Å². The minimum Gasteiger partial charge on any atom is -0.383 e. The largest absolute Gasteiger partial charge is 0.383 e. The Morgan fingerprint density at radius 2 is 2.10 bits per heavy atom. The van der Waals surface area contributed by atoms with Gasteiger partial charge in [-0.3, -0.25) is 4.79 Å². The molecule has 0 bridgehead atoms. The van der Waals surface area contributed by atoms with E-state index in [-0.39, 0.29) is 23.6 Å². The van der Waals surface area contributed by atoms with Crippen LogP contribution >= 0.6 is 0 Å². The van der Waals surface area contributed by atoms with Crippen molar-refractivity contribution < 1.29 is 17.9 Å². The monoisotopic (exact) mass is 297 g/mol. The standard InChI is InChI=1S/C12H15N3O4S/c1-19-7-6-15(9-12(14)16)20(17,18)11-5-3-2-4-10(11)8-13/h2-5H,6-7,9H2,1H3,(H2,14,16). The van der Waals surface area contributed by atoms with Crippen molar-refractivity contribution in [2.24, 2.45) is 5.73 Å². The molecule has 0 unspecified atom stereocenters. The van der Waals surface area contributed by atoms with Crippen LogP contribution in [0.3, 0.4) is 0 Å². The molecule has 0 atom stereocenters. The summed E-state index contributed by atoms with van der Waals surface area (Å²) in [6, 6.07) is 7.59. The molecule has 0 spiro atoms. The summed E-state index contributed by atoms with van der Waals surface area (Å²) in [6.07, 6.45) is 0. The third kappa shape index (κ3) is 3.77. The van der Waals surface area contributed by atoms with E-state index in [1.165, 1.54) is 25.3 Å². The Morgan fingerprint density at radius 3 is 2.65 bits per heavy atom. The SMILES string of the molecule is COCCN(CC(N)=O)S(=O)(=O)c1ccccc1C#N. The molecule has 108 valence electrons. The van der Waals surface area contributed by atoms with Gasteiger partial charge in [0.1, 0.15) is 6.07 Å². The van der Waals surface area contributed by atoms with Crippen LogP contribution in [0.2, 0.25) is 0 Å². The van der Waals surface area contributed by atoms with Crippen LogP contribution in [0, 0.1) is 11.3 Å². The molecule has 20 heavy (non-hydrogen) atoms. The third-order valence-corrected chi connectivity index (χ3v) is 4.41. The minimum absolute atomic E-state index is 0.0133. The molecule has 1 rings (SSSR count). The van der Waals surface area contributed by atoms with E-state index in [4.69, 9.17) is 15.7 Å². The number of primary amides is 1. The molecular weight excluding hydrogens is 282 g/mol. The lowest BCUT2D eigenvalue weighted by atomic mass is 10.2. The zero-order valence-electron chi connectivity index (χ0n) is 10.9. The Morgan fingerprint density at radius 1 is 1.45 bits per heavy atom. The lowest BCUT2D eigenvalue weighted by Gasteiger charge is -2.20. The summed E-state index contributed by atoms with van der Waals surface area (Å²) in [5, 5.41) is 8.97. The van der Waals surface area contributed by atoms with Crippen LogP contribution < -0.4 is 5.73 Å². The molecular formula is C12H15N3O4S. The second-order valence-electron chi connectivity index (χ2n) is 3.91. The molecule has 8 heteroatoms. The average Bonchev–Trinajstić information content (AvgIpc) is 2.42. The Labute approximate surface area is 117 Å². The molecule has 0 aliphatic rings. The van der Waals surface area contributed by atoms with Crippen molar-refractivity contribution in [3.05, 3.63) is 29.8 Å². The molecule has 1 aromatic carbocycles. The molecule has 0 aromatic heterocycles. The molecule has 2 N–H and O–H groups in total. The normalized spacial score (nSPS) is 11.2. The minimum atomic E-state index is -3.98. The van der Waals surface area contributed by atoms with Gasteiger partial charge in [-0.15, -0.1) is 0 Å². The summed E-state index contributed by atoms with van der Waals surface area (Å²) in [4.78, 5) is 10.9. The van der Waals surface area contributed by atoms with Gasteiger partial charge in [-0.25, -0.2) is 8.42 Å². The maximum Gasteiger partial charge on any atom is 0.244 e. The van der Waals surface area contributed by atoms with Crippen LogP contribution in [-0.2, 0) is 19.6 Å². The van der Waals surface area contributed by atoms with Crippen molar-refractivity contribution in [3.63, 3.8) is 0 Å². The number of hydrogen-bond acceptors (Lipinski definition) is 5. The summed E-state index contributed by atoms with van der Waals surface area (Å²) in [5.74, 6) is -0.779. The first-order valence-corrected chi connectivity index (χ1v) is 7.14. The molecule has 7 nitrogen and oxygen atoms in total. The fourth-order valence-corrected chi connectivity index (χ4v) is 3.11. The molecule has 1 amide bonds. The summed E-state index contributed by atoms with van der Waals surface area (Å²) in [5.41, 5.74) is 5.07. The number of methoxy groups -OCH3 is 1. The van der Waals surface area contributed by atoms with Crippen molar-refractivity contribution in [2.45, 2.75) is 4.90 Å². The predicted octanol–water partition coefficient (Wildman–Crippen LogP) is -0.319. The second-order valence-corrected chi connectivity index (χ2v) is 5.81. The van der Waals surface area contributed by atoms with E-state index in [9.17, 15) is 13.2 Å². The number of rotatable bonds is 7. The van der Waals surface area contributed by atoms with E-state index in [0.717, 1.165) is 4.31 Å². The third-order valence-electron chi connectivity index (χ3n) is 2.50. The fourth-order valence-electron chi connectivity index (χ4n) is 1.57.